The predicted octanol–water partition coefficient (Wildman–Crippen LogP) is 2.89. The summed E-state index contributed by atoms with van der Waals surface area (Å²) in [7, 11) is 1.34. The Morgan fingerprint density at radius 2 is 1.87 bits per heavy atom. The molecule has 10 nitrogen and oxygen atoms in total. The standard InChI is InChI=1S/C28H23N3O7/c1-3-28(34)18-9-20-24-16(11-31(20)26(32)17(18)12-36-27(33)25(28)35-2)23(14-4-6-29-7-5-14)15-8-21-22(38-13-37-21)10-19(15)30-24/h4-10,25,34H,3,11-13H2,1-2H3/t25-,28+/m1/s1. The molecular formula is C28H23N3O7. The zero-order valence-corrected chi connectivity index (χ0v) is 20.7. The summed E-state index contributed by atoms with van der Waals surface area (Å²) in [5.41, 5.74) is 3.00. The molecule has 0 aliphatic carbocycles. The van der Waals surface area contributed by atoms with Crippen molar-refractivity contribution in [3.63, 3.8) is 0 Å². The van der Waals surface area contributed by atoms with E-state index < -0.39 is 17.7 Å². The molecular weight excluding hydrogens is 490 g/mol. The van der Waals surface area contributed by atoms with Crippen LogP contribution in [0.2, 0.25) is 0 Å². The largest absolute Gasteiger partial charge is 0.459 e. The first-order chi connectivity index (χ1) is 18.4. The summed E-state index contributed by atoms with van der Waals surface area (Å²) in [4.78, 5) is 35.7. The van der Waals surface area contributed by atoms with Gasteiger partial charge in [0.1, 0.15) is 12.2 Å². The Kier molecular flexibility index (Phi) is 4.88. The van der Waals surface area contributed by atoms with Crippen molar-refractivity contribution in [3.05, 3.63) is 69.8 Å². The Hall–Kier alpha value is -4.28. The molecule has 6 heterocycles. The number of benzene rings is 1. The molecule has 0 amide bonds. The Morgan fingerprint density at radius 3 is 2.61 bits per heavy atom. The van der Waals surface area contributed by atoms with Crippen LogP contribution < -0.4 is 15.0 Å². The van der Waals surface area contributed by atoms with E-state index in [1.54, 1.807) is 30.0 Å². The molecule has 2 atom stereocenters. The molecule has 0 saturated heterocycles. The van der Waals surface area contributed by atoms with Gasteiger partial charge in [-0.1, -0.05) is 6.92 Å². The predicted molar refractivity (Wildman–Crippen MR) is 135 cm³/mol. The summed E-state index contributed by atoms with van der Waals surface area (Å²) >= 11 is 0. The molecule has 38 heavy (non-hydrogen) atoms. The van der Waals surface area contributed by atoms with Gasteiger partial charge in [-0.05, 0) is 41.8 Å². The number of ether oxygens (including phenoxy) is 4. The van der Waals surface area contributed by atoms with E-state index >= 15 is 0 Å². The molecule has 3 aliphatic heterocycles. The van der Waals surface area contributed by atoms with Gasteiger partial charge in [0.2, 0.25) is 6.79 Å². The van der Waals surface area contributed by atoms with E-state index in [1.165, 1.54) is 7.11 Å². The van der Waals surface area contributed by atoms with Crippen LogP contribution in [-0.2, 0) is 33.0 Å². The first-order valence-electron chi connectivity index (χ1n) is 12.3. The van der Waals surface area contributed by atoms with Crippen molar-refractivity contribution in [3.8, 4) is 34.0 Å². The fourth-order valence-corrected chi connectivity index (χ4v) is 5.86. The Morgan fingerprint density at radius 1 is 1.11 bits per heavy atom. The molecule has 3 aromatic heterocycles. The molecule has 10 heteroatoms. The van der Waals surface area contributed by atoms with Crippen LogP contribution in [0.3, 0.4) is 0 Å². The number of carbonyl (C=O) groups excluding carboxylic acids is 1. The third kappa shape index (κ3) is 3.01. The minimum atomic E-state index is -1.74. The van der Waals surface area contributed by atoms with Gasteiger partial charge in [-0.25, -0.2) is 9.78 Å². The van der Waals surface area contributed by atoms with Gasteiger partial charge in [-0.2, -0.15) is 0 Å². The summed E-state index contributed by atoms with van der Waals surface area (Å²) < 4.78 is 23.6. The smallest absolute Gasteiger partial charge is 0.338 e. The number of rotatable bonds is 3. The van der Waals surface area contributed by atoms with Gasteiger partial charge in [0.15, 0.2) is 17.6 Å². The quantitative estimate of drug-likeness (QED) is 0.363. The number of aliphatic hydroxyl groups is 1. The average molecular weight is 514 g/mol. The number of methoxy groups -OCH3 is 1. The van der Waals surface area contributed by atoms with E-state index in [1.807, 2.05) is 24.3 Å². The molecule has 7 rings (SSSR count). The molecule has 3 aliphatic rings. The van der Waals surface area contributed by atoms with Crippen LogP contribution in [0, 0.1) is 0 Å². The summed E-state index contributed by atoms with van der Waals surface area (Å²) in [5, 5.41) is 12.6. The van der Waals surface area contributed by atoms with Crippen molar-refractivity contribution in [2.45, 2.75) is 38.2 Å². The van der Waals surface area contributed by atoms with Gasteiger partial charge in [-0.3, -0.25) is 9.78 Å². The molecule has 0 unspecified atom stereocenters. The van der Waals surface area contributed by atoms with Crippen molar-refractivity contribution in [2.24, 2.45) is 0 Å². The van der Waals surface area contributed by atoms with Crippen LogP contribution >= 0.6 is 0 Å². The highest BCUT2D eigenvalue weighted by atomic mass is 16.7. The van der Waals surface area contributed by atoms with E-state index in [0.717, 1.165) is 22.1 Å². The molecule has 1 aromatic carbocycles. The Labute approximate surface area is 216 Å². The highest BCUT2D eigenvalue weighted by Crippen LogP contribution is 2.46. The third-order valence-electron chi connectivity index (χ3n) is 7.76. The molecule has 1 N–H and O–H groups in total. The van der Waals surface area contributed by atoms with Crippen LogP contribution in [0.15, 0.2) is 47.5 Å². The zero-order valence-electron chi connectivity index (χ0n) is 20.7. The number of pyridine rings is 3. The first-order valence-corrected chi connectivity index (χ1v) is 12.3. The minimum Gasteiger partial charge on any atom is -0.459 e. The number of esters is 1. The second-order valence-corrected chi connectivity index (χ2v) is 9.59. The molecule has 0 spiro atoms. The van der Waals surface area contributed by atoms with E-state index in [4.69, 9.17) is 23.9 Å². The lowest BCUT2D eigenvalue weighted by atomic mass is 9.83. The van der Waals surface area contributed by atoms with E-state index in [9.17, 15) is 14.7 Å². The highest BCUT2D eigenvalue weighted by Gasteiger charge is 2.48. The Balaban J connectivity index is 1.54. The van der Waals surface area contributed by atoms with Gasteiger partial charge in [-0.15, -0.1) is 0 Å². The van der Waals surface area contributed by atoms with E-state index in [-0.39, 0.29) is 37.5 Å². The van der Waals surface area contributed by atoms with Crippen LogP contribution in [-0.4, -0.2) is 45.6 Å². The van der Waals surface area contributed by atoms with Gasteiger partial charge in [0.05, 0.1) is 29.0 Å². The van der Waals surface area contributed by atoms with Gasteiger partial charge in [0, 0.05) is 42.1 Å². The molecule has 0 saturated carbocycles. The monoisotopic (exact) mass is 513 g/mol. The average Bonchev–Trinajstić information content (AvgIpc) is 3.52. The number of fused-ring (bicyclic) bond motifs is 6. The molecule has 0 bridgehead atoms. The maximum atomic E-state index is 13.9. The lowest BCUT2D eigenvalue weighted by molar-refractivity contribution is -0.174. The third-order valence-corrected chi connectivity index (χ3v) is 7.76. The van der Waals surface area contributed by atoms with Crippen molar-refractivity contribution in [1.29, 1.82) is 0 Å². The molecule has 0 radical (unpaired) electrons. The highest BCUT2D eigenvalue weighted by molar-refractivity contribution is 6.01. The van der Waals surface area contributed by atoms with Crippen LogP contribution in [0.4, 0.5) is 0 Å². The summed E-state index contributed by atoms with van der Waals surface area (Å²) in [6.45, 7) is 1.89. The normalized spacial score (nSPS) is 21.0. The second kappa shape index (κ2) is 8.11. The fraction of sp³-hybridized carbons (Fsp3) is 0.286. The molecule has 192 valence electrons. The minimum absolute atomic E-state index is 0.136. The number of hydrogen-bond acceptors (Lipinski definition) is 9. The van der Waals surface area contributed by atoms with Gasteiger partial charge < -0.3 is 28.6 Å². The van der Waals surface area contributed by atoms with Crippen molar-refractivity contribution < 1.29 is 28.8 Å². The topological polar surface area (TPSA) is 122 Å². The zero-order chi connectivity index (χ0) is 26.2. The number of cyclic esters (lactones) is 1. The van der Waals surface area contributed by atoms with Crippen molar-refractivity contribution in [2.75, 3.05) is 13.9 Å². The molecule has 4 aromatic rings. The maximum absolute atomic E-state index is 13.9. The number of nitrogens with zero attached hydrogens (tertiary/aromatic N) is 3. The number of carbonyl (C=O) groups is 1. The van der Waals surface area contributed by atoms with Gasteiger partial charge >= 0.3 is 5.97 Å². The summed E-state index contributed by atoms with van der Waals surface area (Å²) in [5.74, 6) is 0.523. The van der Waals surface area contributed by atoms with E-state index in [0.29, 0.717) is 34.0 Å². The van der Waals surface area contributed by atoms with Crippen LogP contribution in [0.1, 0.15) is 30.0 Å². The van der Waals surface area contributed by atoms with E-state index in [2.05, 4.69) is 4.98 Å². The van der Waals surface area contributed by atoms with Crippen LogP contribution in [0.5, 0.6) is 11.5 Å². The fourth-order valence-electron chi connectivity index (χ4n) is 5.86. The summed E-state index contributed by atoms with van der Waals surface area (Å²) in [6, 6.07) is 9.34. The number of aromatic nitrogens is 3. The van der Waals surface area contributed by atoms with Crippen molar-refractivity contribution >= 4 is 16.9 Å². The second-order valence-electron chi connectivity index (χ2n) is 9.59. The number of hydrogen-bond donors (Lipinski definition) is 1. The lowest BCUT2D eigenvalue weighted by Crippen LogP contribution is -2.45. The maximum Gasteiger partial charge on any atom is 0.338 e. The Bertz CT molecular complexity index is 1720. The van der Waals surface area contributed by atoms with Crippen molar-refractivity contribution in [1.82, 2.24) is 14.5 Å². The lowest BCUT2D eigenvalue weighted by Gasteiger charge is -2.32. The first kappa shape index (κ1) is 22.9. The summed E-state index contributed by atoms with van der Waals surface area (Å²) in [6.07, 6.45) is 2.31. The van der Waals surface area contributed by atoms with Crippen LogP contribution in [0.25, 0.3) is 33.4 Å². The SMILES string of the molecule is CC[C@]1(O)c2cc3n(c(=O)c2COC(=O)[C@H]1OC)Cc1c-3nc2cc3c(cc2c1-c1ccncc1)OCO3. The molecule has 0 fully saturated rings. The van der Waals surface area contributed by atoms with Gasteiger partial charge in [0.25, 0.3) is 5.56 Å².